The fourth-order valence-corrected chi connectivity index (χ4v) is 3.12. The van der Waals surface area contributed by atoms with Gasteiger partial charge in [-0.05, 0) is 32.1 Å². The lowest BCUT2D eigenvalue weighted by atomic mass is 9.81. The summed E-state index contributed by atoms with van der Waals surface area (Å²) in [5, 5.41) is 18.7. The minimum absolute atomic E-state index is 0.0237. The molecule has 5 nitrogen and oxygen atoms in total. The van der Waals surface area contributed by atoms with Crippen LogP contribution in [-0.2, 0) is 9.59 Å². The maximum absolute atomic E-state index is 12.6. The molecule has 0 aromatic carbocycles. The molecule has 0 aromatic heterocycles. The van der Waals surface area contributed by atoms with Crippen LogP contribution in [0, 0.1) is 23.7 Å². The number of carboxylic acids is 1. The summed E-state index contributed by atoms with van der Waals surface area (Å²) in [6.07, 6.45) is 4.64. The van der Waals surface area contributed by atoms with Crippen molar-refractivity contribution in [2.45, 2.75) is 25.8 Å². The molecule has 0 radical (unpaired) electrons. The summed E-state index contributed by atoms with van der Waals surface area (Å²) in [7, 11) is 1.63. The standard InChI is InChI=1S/C14H21NO4/c1-14(2,7-16)15(3)12(17)10-8-4-5-9(6-8)11(10)13(18)19/h4-5,8-11,16H,6-7H2,1-3H3,(H,18,19). The number of hydrogen-bond acceptors (Lipinski definition) is 3. The van der Waals surface area contributed by atoms with Gasteiger partial charge < -0.3 is 15.1 Å². The van der Waals surface area contributed by atoms with E-state index in [9.17, 15) is 19.8 Å². The molecule has 0 spiro atoms. The molecule has 4 unspecified atom stereocenters. The number of rotatable bonds is 4. The summed E-state index contributed by atoms with van der Waals surface area (Å²) in [5.74, 6) is -2.20. The Morgan fingerprint density at radius 2 is 1.79 bits per heavy atom. The molecule has 106 valence electrons. The summed E-state index contributed by atoms with van der Waals surface area (Å²) in [5.41, 5.74) is -0.675. The summed E-state index contributed by atoms with van der Waals surface area (Å²) >= 11 is 0. The first kappa shape index (κ1) is 14.1. The van der Waals surface area contributed by atoms with Crippen molar-refractivity contribution in [2.75, 3.05) is 13.7 Å². The van der Waals surface area contributed by atoms with Gasteiger partial charge in [-0.25, -0.2) is 0 Å². The van der Waals surface area contributed by atoms with E-state index in [1.165, 1.54) is 4.90 Å². The third kappa shape index (κ3) is 2.16. The topological polar surface area (TPSA) is 77.8 Å². The summed E-state index contributed by atoms with van der Waals surface area (Å²) < 4.78 is 0. The Balaban J connectivity index is 2.23. The first-order chi connectivity index (χ1) is 8.79. The number of aliphatic hydroxyl groups excluding tert-OH is 1. The van der Waals surface area contributed by atoms with Crippen molar-refractivity contribution in [3.8, 4) is 0 Å². The van der Waals surface area contributed by atoms with E-state index in [-0.39, 0.29) is 24.3 Å². The Hall–Kier alpha value is -1.36. The molecule has 0 aromatic rings. The maximum atomic E-state index is 12.6. The van der Waals surface area contributed by atoms with Gasteiger partial charge in [0.1, 0.15) is 0 Å². The fourth-order valence-electron chi connectivity index (χ4n) is 3.12. The van der Waals surface area contributed by atoms with E-state index in [0.29, 0.717) is 0 Å². The highest BCUT2D eigenvalue weighted by Crippen LogP contribution is 2.49. The van der Waals surface area contributed by atoms with Crippen molar-refractivity contribution in [3.63, 3.8) is 0 Å². The minimum atomic E-state index is -0.898. The average molecular weight is 267 g/mol. The Morgan fingerprint density at radius 3 is 2.26 bits per heavy atom. The number of allylic oxidation sites excluding steroid dienone is 2. The van der Waals surface area contributed by atoms with Crippen LogP contribution in [0.4, 0.5) is 0 Å². The van der Waals surface area contributed by atoms with E-state index in [2.05, 4.69) is 0 Å². The van der Waals surface area contributed by atoms with E-state index in [0.717, 1.165) is 6.42 Å². The number of fused-ring (bicyclic) bond motifs is 2. The summed E-state index contributed by atoms with van der Waals surface area (Å²) in [6, 6.07) is 0. The van der Waals surface area contributed by atoms with Gasteiger partial charge in [-0.3, -0.25) is 9.59 Å². The maximum Gasteiger partial charge on any atom is 0.307 e. The summed E-state index contributed by atoms with van der Waals surface area (Å²) in [6.45, 7) is 3.39. The second-order valence-electron chi connectivity index (χ2n) is 6.21. The van der Waals surface area contributed by atoms with Crippen LogP contribution >= 0.6 is 0 Å². The van der Waals surface area contributed by atoms with E-state index >= 15 is 0 Å². The molecular weight excluding hydrogens is 246 g/mol. The molecule has 19 heavy (non-hydrogen) atoms. The molecule has 1 saturated carbocycles. The van der Waals surface area contributed by atoms with Gasteiger partial charge in [-0.2, -0.15) is 0 Å². The smallest absolute Gasteiger partial charge is 0.307 e. The van der Waals surface area contributed by atoms with Crippen LogP contribution in [0.15, 0.2) is 12.2 Å². The van der Waals surface area contributed by atoms with Crippen molar-refractivity contribution in [3.05, 3.63) is 12.2 Å². The van der Waals surface area contributed by atoms with E-state index < -0.39 is 23.3 Å². The van der Waals surface area contributed by atoms with Gasteiger partial charge in [0.05, 0.1) is 24.0 Å². The molecule has 1 fully saturated rings. The molecule has 0 aliphatic heterocycles. The second-order valence-corrected chi connectivity index (χ2v) is 6.21. The van der Waals surface area contributed by atoms with Crippen LogP contribution in [0.5, 0.6) is 0 Å². The molecular formula is C14H21NO4. The van der Waals surface area contributed by atoms with Gasteiger partial charge >= 0.3 is 5.97 Å². The Labute approximate surface area is 112 Å². The van der Waals surface area contributed by atoms with Crippen molar-refractivity contribution in [1.82, 2.24) is 4.90 Å². The lowest BCUT2D eigenvalue weighted by molar-refractivity contribution is -0.153. The van der Waals surface area contributed by atoms with Crippen LogP contribution in [0.25, 0.3) is 0 Å². The third-order valence-corrected chi connectivity index (χ3v) is 4.66. The van der Waals surface area contributed by atoms with Crippen LogP contribution in [-0.4, -0.2) is 46.2 Å². The number of carbonyl (C=O) groups excluding carboxylic acids is 1. The Kier molecular flexibility index (Phi) is 3.43. The molecule has 2 bridgehead atoms. The monoisotopic (exact) mass is 267 g/mol. The molecule has 2 aliphatic rings. The zero-order valence-electron chi connectivity index (χ0n) is 11.5. The minimum Gasteiger partial charge on any atom is -0.481 e. The van der Waals surface area contributed by atoms with Crippen LogP contribution in [0.3, 0.4) is 0 Å². The van der Waals surface area contributed by atoms with Gasteiger partial charge in [0.2, 0.25) is 5.91 Å². The molecule has 4 atom stereocenters. The van der Waals surface area contributed by atoms with Crippen LogP contribution in [0.2, 0.25) is 0 Å². The quantitative estimate of drug-likeness (QED) is 0.736. The fraction of sp³-hybridized carbons (Fsp3) is 0.714. The Bertz CT molecular complexity index is 429. The second kappa shape index (κ2) is 4.63. The first-order valence-corrected chi connectivity index (χ1v) is 6.59. The summed E-state index contributed by atoms with van der Waals surface area (Å²) in [4.78, 5) is 25.5. The van der Waals surface area contributed by atoms with Crippen LogP contribution < -0.4 is 0 Å². The van der Waals surface area contributed by atoms with Gasteiger partial charge in [0, 0.05) is 7.05 Å². The van der Waals surface area contributed by atoms with Crippen molar-refractivity contribution in [2.24, 2.45) is 23.7 Å². The lowest BCUT2D eigenvalue weighted by Gasteiger charge is -2.38. The zero-order chi connectivity index (χ0) is 14.4. The molecule has 0 heterocycles. The number of hydrogen-bond donors (Lipinski definition) is 2. The normalized spacial score (nSPS) is 32.6. The number of carboxylic acid groups (broad SMARTS) is 1. The highest BCUT2D eigenvalue weighted by Gasteiger charge is 2.53. The van der Waals surface area contributed by atoms with Gasteiger partial charge in [0.25, 0.3) is 0 Å². The molecule has 5 heteroatoms. The number of amides is 1. The van der Waals surface area contributed by atoms with E-state index in [1.807, 2.05) is 12.2 Å². The van der Waals surface area contributed by atoms with Crippen molar-refractivity contribution >= 4 is 11.9 Å². The number of likely N-dealkylation sites (N-methyl/N-ethyl adjacent to an activating group) is 1. The van der Waals surface area contributed by atoms with Gasteiger partial charge in [-0.1, -0.05) is 12.2 Å². The number of aliphatic hydroxyl groups is 1. The lowest BCUT2D eigenvalue weighted by Crippen LogP contribution is -2.52. The largest absolute Gasteiger partial charge is 0.481 e. The van der Waals surface area contributed by atoms with E-state index in [1.54, 1.807) is 20.9 Å². The number of nitrogens with zero attached hydrogens (tertiary/aromatic N) is 1. The van der Waals surface area contributed by atoms with Gasteiger partial charge in [0.15, 0.2) is 0 Å². The van der Waals surface area contributed by atoms with Crippen molar-refractivity contribution in [1.29, 1.82) is 0 Å². The van der Waals surface area contributed by atoms with E-state index in [4.69, 9.17) is 0 Å². The predicted molar refractivity (Wildman–Crippen MR) is 69.3 cm³/mol. The average Bonchev–Trinajstić information content (AvgIpc) is 2.96. The predicted octanol–water partition coefficient (Wildman–Crippen LogP) is 0.739. The van der Waals surface area contributed by atoms with Crippen LogP contribution in [0.1, 0.15) is 20.3 Å². The molecule has 0 saturated heterocycles. The molecule has 1 amide bonds. The van der Waals surface area contributed by atoms with Gasteiger partial charge in [-0.15, -0.1) is 0 Å². The number of aliphatic carboxylic acids is 1. The molecule has 2 aliphatic carbocycles. The highest BCUT2D eigenvalue weighted by molar-refractivity contribution is 5.87. The Morgan fingerprint density at radius 1 is 1.26 bits per heavy atom. The SMILES string of the molecule is CN(C(=O)C1C2C=CC(C2)C1C(=O)O)C(C)(C)CO. The first-order valence-electron chi connectivity index (χ1n) is 6.59. The van der Waals surface area contributed by atoms with Crippen molar-refractivity contribution < 1.29 is 19.8 Å². The molecule has 2 N–H and O–H groups in total. The third-order valence-electron chi connectivity index (χ3n) is 4.66. The number of carbonyl (C=O) groups is 2. The molecule has 2 rings (SSSR count). The zero-order valence-corrected chi connectivity index (χ0v) is 11.5. The highest BCUT2D eigenvalue weighted by atomic mass is 16.4.